The normalized spacial score (nSPS) is 15.1. The van der Waals surface area contributed by atoms with Crippen LogP contribution in [0.1, 0.15) is 28.8 Å². The predicted octanol–water partition coefficient (Wildman–Crippen LogP) is 2.13. The van der Waals surface area contributed by atoms with Crippen molar-refractivity contribution < 1.29 is 14.3 Å². The van der Waals surface area contributed by atoms with Gasteiger partial charge < -0.3 is 14.4 Å². The first-order chi connectivity index (χ1) is 9.83. The maximum Gasteiger partial charge on any atom is 0.254 e. The summed E-state index contributed by atoms with van der Waals surface area (Å²) in [5.74, 6) is 0.138. The first-order valence-electron chi connectivity index (χ1n) is 7.27. The number of carbonyl (C=O) groups excluding carboxylic acids is 1. The van der Waals surface area contributed by atoms with Gasteiger partial charge in [0.15, 0.2) is 0 Å². The summed E-state index contributed by atoms with van der Waals surface area (Å²) in [5, 5.41) is 0. The Hall–Kier alpha value is -1.39. The van der Waals surface area contributed by atoms with Crippen molar-refractivity contribution in [1.29, 1.82) is 0 Å². The number of methoxy groups -OCH3 is 1. The van der Waals surface area contributed by atoms with Crippen LogP contribution < -0.4 is 0 Å². The van der Waals surface area contributed by atoms with Crippen LogP contribution in [0.4, 0.5) is 0 Å². The van der Waals surface area contributed by atoms with Gasteiger partial charge in [-0.1, -0.05) is 18.2 Å². The Labute approximate surface area is 120 Å². The van der Waals surface area contributed by atoms with Crippen molar-refractivity contribution in [2.75, 3.05) is 40.0 Å². The van der Waals surface area contributed by atoms with E-state index >= 15 is 0 Å². The molecule has 0 radical (unpaired) electrons. The molecule has 0 bridgehead atoms. The number of carbonyl (C=O) groups is 1. The van der Waals surface area contributed by atoms with E-state index in [9.17, 15) is 4.79 Å². The van der Waals surface area contributed by atoms with Crippen LogP contribution in [0.5, 0.6) is 0 Å². The highest BCUT2D eigenvalue weighted by Gasteiger charge is 2.21. The second-order valence-corrected chi connectivity index (χ2v) is 5.01. The molecule has 1 aromatic rings. The fraction of sp³-hybridized carbons (Fsp3) is 0.562. The molecule has 110 valence electrons. The molecule has 0 atom stereocenters. The van der Waals surface area contributed by atoms with Crippen LogP contribution in [0.25, 0.3) is 0 Å². The lowest BCUT2D eigenvalue weighted by molar-refractivity contribution is 0.0609. The number of amides is 1. The molecule has 20 heavy (non-hydrogen) atoms. The van der Waals surface area contributed by atoms with Gasteiger partial charge in [0.05, 0.1) is 6.61 Å². The van der Waals surface area contributed by atoms with E-state index in [1.807, 2.05) is 23.1 Å². The van der Waals surface area contributed by atoms with Gasteiger partial charge >= 0.3 is 0 Å². The first-order valence-corrected chi connectivity index (χ1v) is 7.27. The Kier molecular flexibility index (Phi) is 6.02. The third kappa shape index (κ3) is 4.05. The van der Waals surface area contributed by atoms with Gasteiger partial charge in [-0.3, -0.25) is 4.79 Å². The lowest BCUT2D eigenvalue weighted by atomic mass is 10.0. The summed E-state index contributed by atoms with van der Waals surface area (Å²) in [7, 11) is 1.69. The number of nitrogens with zero attached hydrogens (tertiary/aromatic N) is 1. The summed E-state index contributed by atoms with van der Waals surface area (Å²) >= 11 is 0. The maximum atomic E-state index is 12.5. The Morgan fingerprint density at radius 3 is 2.90 bits per heavy atom. The summed E-state index contributed by atoms with van der Waals surface area (Å²) in [6, 6.07) is 7.91. The van der Waals surface area contributed by atoms with Crippen LogP contribution in [0.3, 0.4) is 0 Å². The molecule has 0 unspecified atom stereocenters. The minimum Gasteiger partial charge on any atom is -0.385 e. The minimum atomic E-state index is 0.138. The second kappa shape index (κ2) is 8.02. The topological polar surface area (TPSA) is 38.8 Å². The molecule has 0 N–H and O–H groups in total. The Morgan fingerprint density at radius 1 is 1.20 bits per heavy atom. The molecule has 0 aromatic heterocycles. The monoisotopic (exact) mass is 277 g/mol. The zero-order valence-electron chi connectivity index (χ0n) is 12.1. The van der Waals surface area contributed by atoms with Crippen molar-refractivity contribution in [1.82, 2.24) is 4.90 Å². The van der Waals surface area contributed by atoms with Crippen LogP contribution in [0.15, 0.2) is 24.3 Å². The molecule has 4 heteroatoms. The highest BCUT2D eigenvalue weighted by atomic mass is 16.5. The van der Waals surface area contributed by atoms with E-state index < -0.39 is 0 Å². The standard InChI is InChI=1S/C16H23NO3/c1-19-11-5-12-20-13-10-17-9-4-7-14-6-2-3-8-15(14)16(17)18/h2-3,6,8H,4-5,7,9-13H2,1H3. The number of ether oxygens (including phenoxy) is 2. The molecule has 1 aliphatic rings. The fourth-order valence-corrected chi connectivity index (χ4v) is 2.47. The zero-order chi connectivity index (χ0) is 14.2. The molecule has 0 fully saturated rings. The zero-order valence-corrected chi connectivity index (χ0v) is 12.1. The SMILES string of the molecule is COCCCOCCN1CCCc2ccccc2C1=O. The summed E-state index contributed by atoms with van der Waals surface area (Å²) in [4.78, 5) is 14.4. The molecule has 0 aliphatic carbocycles. The molecule has 0 saturated carbocycles. The van der Waals surface area contributed by atoms with Gasteiger partial charge in [0, 0.05) is 39.0 Å². The lowest BCUT2D eigenvalue weighted by Crippen LogP contribution is -2.34. The summed E-state index contributed by atoms with van der Waals surface area (Å²) < 4.78 is 10.5. The summed E-state index contributed by atoms with van der Waals surface area (Å²) in [6.07, 6.45) is 2.90. The lowest BCUT2D eigenvalue weighted by Gasteiger charge is -2.20. The molecule has 1 aromatic carbocycles. The van der Waals surface area contributed by atoms with Crippen LogP contribution in [0.2, 0.25) is 0 Å². The van der Waals surface area contributed by atoms with E-state index in [4.69, 9.17) is 9.47 Å². The van der Waals surface area contributed by atoms with Crippen LogP contribution in [-0.4, -0.2) is 50.8 Å². The van der Waals surface area contributed by atoms with E-state index in [1.54, 1.807) is 7.11 Å². The van der Waals surface area contributed by atoms with Crippen molar-refractivity contribution in [3.63, 3.8) is 0 Å². The summed E-state index contributed by atoms with van der Waals surface area (Å²) in [6.45, 7) is 3.48. The average molecular weight is 277 g/mol. The number of benzene rings is 1. The highest BCUT2D eigenvalue weighted by molar-refractivity contribution is 5.96. The molecule has 1 aliphatic heterocycles. The quantitative estimate of drug-likeness (QED) is 0.717. The van der Waals surface area contributed by atoms with Crippen molar-refractivity contribution in [3.8, 4) is 0 Å². The van der Waals surface area contributed by atoms with Gasteiger partial charge in [-0.25, -0.2) is 0 Å². The molecular formula is C16H23NO3. The average Bonchev–Trinajstić information content (AvgIpc) is 2.63. The Bertz CT molecular complexity index is 433. The highest BCUT2D eigenvalue weighted by Crippen LogP contribution is 2.18. The van der Waals surface area contributed by atoms with Gasteiger partial charge in [-0.2, -0.15) is 0 Å². The van der Waals surface area contributed by atoms with Gasteiger partial charge in [-0.15, -0.1) is 0 Å². The molecule has 4 nitrogen and oxygen atoms in total. The van der Waals surface area contributed by atoms with E-state index in [0.29, 0.717) is 19.8 Å². The Balaban J connectivity index is 1.82. The van der Waals surface area contributed by atoms with E-state index in [1.165, 1.54) is 5.56 Å². The number of hydrogen-bond acceptors (Lipinski definition) is 3. The van der Waals surface area contributed by atoms with Crippen molar-refractivity contribution in [3.05, 3.63) is 35.4 Å². The van der Waals surface area contributed by atoms with Gasteiger partial charge in [0.2, 0.25) is 0 Å². The van der Waals surface area contributed by atoms with Crippen molar-refractivity contribution in [2.45, 2.75) is 19.3 Å². The number of rotatable bonds is 7. The van der Waals surface area contributed by atoms with Crippen LogP contribution in [0, 0.1) is 0 Å². The molecular weight excluding hydrogens is 254 g/mol. The van der Waals surface area contributed by atoms with Gasteiger partial charge in [-0.05, 0) is 30.9 Å². The fourth-order valence-electron chi connectivity index (χ4n) is 2.47. The van der Waals surface area contributed by atoms with Crippen molar-refractivity contribution >= 4 is 5.91 Å². The predicted molar refractivity (Wildman–Crippen MR) is 78.0 cm³/mol. The smallest absolute Gasteiger partial charge is 0.254 e. The van der Waals surface area contributed by atoms with Crippen LogP contribution >= 0.6 is 0 Å². The minimum absolute atomic E-state index is 0.138. The van der Waals surface area contributed by atoms with Crippen LogP contribution in [-0.2, 0) is 15.9 Å². The molecule has 2 rings (SSSR count). The molecule has 1 amide bonds. The maximum absolute atomic E-state index is 12.5. The largest absolute Gasteiger partial charge is 0.385 e. The van der Waals surface area contributed by atoms with Crippen molar-refractivity contribution in [2.24, 2.45) is 0 Å². The summed E-state index contributed by atoms with van der Waals surface area (Å²) in [5.41, 5.74) is 2.02. The van der Waals surface area contributed by atoms with E-state index in [-0.39, 0.29) is 5.91 Å². The molecule has 1 heterocycles. The molecule has 0 saturated heterocycles. The number of aryl methyl sites for hydroxylation is 1. The van der Waals surface area contributed by atoms with E-state index in [0.717, 1.165) is 38.0 Å². The third-order valence-electron chi connectivity index (χ3n) is 3.55. The first kappa shape index (κ1) is 15.0. The Morgan fingerprint density at radius 2 is 2.05 bits per heavy atom. The van der Waals surface area contributed by atoms with E-state index in [2.05, 4.69) is 6.07 Å². The number of hydrogen-bond donors (Lipinski definition) is 0. The number of fused-ring (bicyclic) bond motifs is 1. The van der Waals surface area contributed by atoms with Gasteiger partial charge in [0.1, 0.15) is 0 Å². The third-order valence-corrected chi connectivity index (χ3v) is 3.55. The van der Waals surface area contributed by atoms with Gasteiger partial charge in [0.25, 0.3) is 5.91 Å². The second-order valence-electron chi connectivity index (χ2n) is 5.01. The molecule has 0 spiro atoms.